The van der Waals surface area contributed by atoms with Crippen molar-refractivity contribution in [1.82, 2.24) is 0 Å². The van der Waals surface area contributed by atoms with Crippen LogP contribution in [0.1, 0.15) is 20.8 Å². The Kier molecular flexibility index (Phi) is 21.0. The molecule has 0 spiro atoms. The van der Waals surface area contributed by atoms with Crippen LogP contribution in [0.5, 0.6) is 0 Å². The molecule has 6 nitrogen and oxygen atoms in total. The zero-order chi connectivity index (χ0) is 25.1. The van der Waals surface area contributed by atoms with Crippen LogP contribution in [0, 0.1) is 0 Å². The molecule has 0 aliphatic heterocycles. The molecule has 0 saturated carbocycles. The Balaban J connectivity index is -0.000000110. The number of carbonyl (C=O) groups excluding carboxylic acids is 3. The first-order chi connectivity index (χ1) is 13.0. The van der Waals surface area contributed by atoms with Gasteiger partial charge in [-0.25, -0.2) is 0 Å². The fourth-order valence-corrected chi connectivity index (χ4v) is 0.799. The van der Waals surface area contributed by atoms with Gasteiger partial charge in [0, 0.05) is 0 Å². The second-order valence-electron chi connectivity index (χ2n) is 4.85. The fraction of sp³-hybridized carbons (Fsp3) is 0.400. The third-order valence-corrected chi connectivity index (χ3v) is 1.84. The van der Waals surface area contributed by atoms with E-state index in [0.717, 1.165) is 20.8 Å². The van der Waals surface area contributed by atoms with E-state index < -0.39 is 53.2 Å². The van der Waals surface area contributed by atoms with Crippen LogP contribution in [0.3, 0.4) is 0 Å². The van der Waals surface area contributed by atoms with Crippen LogP contribution >= 0.6 is 0 Å². The molecular formula is C15H12F9Fe2O6+3. The van der Waals surface area contributed by atoms with Gasteiger partial charge in [0.2, 0.25) is 0 Å². The molecule has 0 amide bonds. The van der Waals surface area contributed by atoms with E-state index in [2.05, 4.69) is 0 Å². The number of alkyl halides is 9. The molecule has 0 aliphatic rings. The minimum absolute atomic E-state index is 0. The molecular weight excluding hydrogens is 559 g/mol. The van der Waals surface area contributed by atoms with Gasteiger partial charge in [0.1, 0.15) is 0 Å². The standard InChI is InChI=1S/3C5H5F3O2.2Fe/c3*1-3(9)2-4(10)5(6,7)8;;/h3*2,10H,1H3;;/q;;;2*+3/p-3/b3*4-2-;;. The predicted molar refractivity (Wildman–Crippen MR) is 74.5 cm³/mol. The van der Waals surface area contributed by atoms with Gasteiger partial charge in [-0.05, 0) is 56.3 Å². The van der Waals surface area contributed by atoms with Crippen LogP contribution in [0.2, 0.25) is 0 Å². The van der Waals surface area contributed by atoms with Gasteiger partial charge in [0.05, 0.1) is 0 Å². The minimum Gasteiger partial charge on any atom is -0.869 e. The Bertz CT molecular complexity index is 611. The molecule has 0 aliphatic carbocycles. The monoisotopic (exact) mass is 571 g/mol. The number of carbonyl (C=O) groups is 3. The van der Waals surface area contributed by atoms with Crippen LogP contribution in [0.15, 0.2) is 35.5 Å². The average molecular weight is 571 g/mol. The SMILES string of the molecule is CC(=O)/C=C(\[O-])C(F)(F)F.CC(=O)/C=C(\[O-])C(F)(F)F.CC(=O)/C=C(\[O-])C(F)(F)F.[Fe+3].[Fe+3]. The van der Waals surface area contributed by atoms with Gasteiger partial charge in [-0.1, -0.05) is 0 Å². The number of rotatable bonds is 3. The molecule has 17 heteroatoms. The van der Waals surface area contributed by atoms with Crippen LogP contribution in [-0.2, 0) is 48.5 Å². The number of allylic oxidation sites excluding steroid dienone is 6. The second-order valence-corrected chi connectivity index (χ2v) is 4.85. The van der Waals surface area contributed by atoms with Crippen LogP contribution in [-0.4, -0.2) is 35.9 Å². The molecule has 0 aromatic carbocycles. The van der Waals surface area contributed by atoms with Crippen molar-refractivity contribution in [2.24, 2.45) is 0 Å². The minimum atomic E-state index is -4.92. The number of hydrogen-bond acceptors (Lipinski definition) is 6. The Labute approximate surface area is 195 Å². The van der Waals surface area contributed by atoms with E-state index in [9.17, 15) is 69.2 Å². The summed E-state index contributed by atoms with van der Waals surface area (Å²) in [4.78, 5) is 29.8. The summed E-state index contributed by atoms with van der Waals surface area (Å²) in [6, 6.07) is 0. The van der Waals surface area contributed by atoms with E-state index >= 15 is 0 Å². The average Bonchev–Trinajstić information content (AvgIpc) is 2.43. The van der Waals surface area contributed by atoms with Crippen LogP contribution < -0.4 is 15.3 Å². The topological polar surface area (TPSA) is 120 Å². The smallest absolute Gasteiger partial charge is 0.869 e. The summed E-state index contributed by atoms with van der Waals surface area (Å²) in [7, 11) is 0. The largest absolute Gasteiger partial charge is 3.00 e. The third-order valence-electron chi connectivity index (χ3n) is 1.84. The van der Waals surface area contributed by atoms with Gasteiger partial charge in [0.15, 0.2) is 17.3 Å². The summed E-state index contributed by atoms with van der Waals surface area (Å²) in [5.41, 5.74) is 0. The molecule has 0 bridgehead atoms. The van der Waals surface area contributed by atoms with Crippen molar-refractivity contribution in [2.75, 3.05) is 0 Å². The Morgan fingerprint density at radius 3 is 0.656 bits per heavy atom. The maximum Gasteiger partial charge on any atom is 3.00 e. The molecule has 184 valence electrons. The summed E-state index contributed by atoms with van der Waals surface area (Å²) in [5, 5.41) is 29.6. The number of ketones is 3. The zero-order valence-electron chi connectivity index (χ0n) is 15.8. The number of halogens is 9. The maximum absolute atomic E-state index is 11.3. The van der Waals surface area contributed by atoms with Gasteiger partial charge in [-0.2, -0.15) is 39.5 Å². The van der Waals surface area contributed by atoms with E-state index in [-0.39, 0.29) is 52.4 Å². The predicted octanol–water partition coefficient (Wildman–Crippen LogP) is 1.14. The Hall–Kier alpha value is -1.96. The van der Waals surface area contributed by atoms with E-state index in [0.29, 0.717) is 0 Å². The van der Waals surface area contributed by atoms with Crippen molar-refractivity contribution in [3.8, 4) is 0 Å². The molecule has 2 radical (unpaired) electrons. The van der Waals surface area contributed by atoms with Gasteiger partial charge in [-0.15, -0.1) is 0 Å². The fourth-order valence-electron chi connectivity index (χ4n) is 0.799. The van der Waals surface area contributed by atoms with Crippen molar-refractivity contribution in [1.29, 1.82) is 0 Å². The Morgan fingerprint density at radius 1 is 0.500 bits per heavy atom. The second kappa shape index (κ2) is 16.6. The van der Waals surface area contributed by atoms with Gasteiger partial charge in [-0.3, -0.25) is 14.4 Å². The quantitative estimate of drug-likeness (QED) is 0.217. The number of hydrogen-bond donors (Lipinski definition) is 0. The van der Waals surface area contributed by atoms with Crippen LogP contribution in [0.25, 0.3) is 0 Å². The van der Waals surface area contributed by atoms with E-state index in [1.54, 1.807) is 0 Å². The molecule has 0 fully saturated rings. The molecule has 0 aromatic rings. The maximum atomic E-state index is 11.3. The molecule has 0 saturated heterocycles. The van der Waals surface area contributed by atoms with Gasteiger partial charge >= 0.3 is 52.7 Å². The molecule has 0 atom stereocenters. The molecule has 0 heterocycles. The van der Waals surface area contributed by atoms with Crippen molar-refractivity contribution < 1.29 is 103 Å². The summed E-state index contributed by atoms with van der Waals surface area (Å²) in [5.74, 6) is -9.04. The molecule has 0 N–H and O–H groups in total. The molecule has 0 rings (SSSR count). The first-order valence-electron chi connectivity index (χ1n) is 6.91. The molecule has 0 unspecified atom stereocenters. The van der Waals surface area contributed by atoms with E-state index in [1.165, 1.54) is 0 Å². The molecule has 0 aromatic heterocycles. The van der Waals surface area contributed by atoms with Gasteiger partial charge in [0.25, 0.3) is 0 Å². The van der Waals surface area contributed by atoms with E-state index in [1.807, 2.05) is 0 Å². The first-order valence-corrected chi connectivity index (χ1v) is 6.91. The van der Waals surface area contributed by atoms with Crippen molar-refractivity contribution in [3.63, 3.8) is 0 Å². The van der Waals surface area contributed by atoms with Crippen molar-refractivity contribution in [2.45, 2.75) is 39.3 Å². The first kappa shape index (κ1) is 40.4. The zero-order valence-corrected chi connectivity index (χ0v) is 18.0. The normalized spacial score (nSPS) is 12.6. The van der Waals surface area contributed by atoms with Crippen molar-refractivity contribution >= 4 is 17.3 Å². The summed E-state index contributed by atoms with van der Waals surface area (Å²) in [6.45, 7) is 2.64. The summed E-state index contributed by atoms with van der Waals surface area (Å²) >= 11 is 0. The van der Waals surface area contributed by atoms with E-state index in [4.69, 9.17) is 0 Å². The summed E-state index contributed by atoms with van der Waals surface area (Å²) in [6.07, 6.45) is -14.7. The third kappa shape index (κ3) is 26.1. The van der Waals surface area contributed by atoms with Crippen molar-refractivity contribution in [3.05, 3.63) is 35.5 Å². The van der Waals surface area contributed by atoms with Gasteiger partial charge < -0.3 is 15.3 Å². The van der Waals surface area contributed by atoms with Crippen LogP contribution in [0.4, 0.5) is 39.5 Å². The summed E-state index contributed by atoms with van der Waals surface area (Å²) < 4.78 is 101. The Morgan fingerprint density at radius 2 is 0.625 bits per heavy atom. The molecule has 32 heavy (non-hydrogen) atoms.